The third kappa shape index (κ3) is 3.67. The highest BCUT2D eigenvalue weighted by molar-refractivity contribution is 6.30. The molecule has 6 heteroatoms. The van der Waals surface area contributed by atoms with Gasteiger partial charge in [-0.15, -0.1) is 0 Å². The Balaban J connectivity index is 2.29. The summed E-state index contributed by atoms with van der Waals surface area (Å²) < 4.78 is 28.2. The van der Waals surface area contributed by atoms with Crippen LogP contribution in [0.4, 0.5) is 8.78 Å². The van der Waals surface area contributed by atoms with Crippen LogP contribution in [0.5, 0.6) is 0 Å². The zero-order valence-corrected chi connectivity index (χ0v) is 12.0. The van der Waals surface area contributed by atoms with Crippen molar-refractivity contribution in [3.8, 4) is 0 Å². The van der Waals surface area contributed by atoms with Gasteiger partial charge in [-0.05, 0) is 25.0 Å². The summed E-state index contributed by atoms with van der Waals surface area (Å²) in [6.07, 6.45) is 1.03. The Morgan fingerprint density at radius 1 is 1.25 bits per heavy atom. The summed E-state index contributed by atoms with van der Waals surface area (Å²) in [7, 11) is 0. The second-order valence-corrected chi connectivity index (χ2v) is 5.39. The number of halogens is 3. The minimum atomic E-state index is -0.614. The predicted octanol–water partition coefficient (Wildman–Crippen LogP) is 2.34. The molecule has 1 saturated heterocycles. The van der Waals surface area contributed by atoms with Gasteiger partial charge in [0, 0.05) is 49.4 Å². The van der Waals surface area contributed by atoms with Crippen molar-refractivity contribution >= 4 is 11.6 Å². The van der Waals surface area contributed by atoms with Crippen LogP contribution in [-0.4, -0.2) is 42.8 Å². The topological polar surface area (TPSA) is 35.5 Å². The molecule has 2 N–H and O–H groups in total. The van der Waals surface area contributed by atoms with Crippen molar-refractivity contribution in [1.82, 2.24) is 10.2 Å². The van der Waals surface area contributed by atoms with E-state index in [2.05, 4.69) is 10.2 Å². The lowest BCUT2D eigenvalue weighted by Crippen LogP contribution is -2.45. The molecule has 0 bridgehead atoms. The molecule has 1 fully saturated rings. The molecule has 1 aromatic rings. The number of hydrogen-bond donors (Lipinski definition) is 2. The molecule has 1 aliphatic rings. The molecule has 0 radical (unpaired) electrons. The number of benzene rings is 1. The van der Waals surface area contributed by atoms with Crippen molar-refractivity contribution in [1.29, 1.82) is 0 Å². The van der Waals surface area contributed by atoms with Crippen LogP contribution in [0.2, 0.25) is 5.02 Å². The summed E-state index contributed by atoms with van der Waals surface area (Å²) in [4.78, 5) is 2.06. The molecule has 0 aromatic heterocycles. The fourth-order valence-electron chi connectivity index (χ4n) is 2.66. The summed E-state index contributed by atoms with van der Waals surface area (Å²) in [6.45, 7) is 3.08. The standard InChI is InChI=1S/C14H19ClF2N2O/c15-10-8-11(16)14(12(17)9-10)13(2-1-7-20)19-5-3-18-4-6-19/h8-9,13,18,20H,1-7H2/t13-/m1/s1. The van der Waals surface area contributed by atoms with Gasteiger partial charge in [0.1, 0.15) is 11.6 Å². The van der Waals surface area contributed by atoms with Gasteiger partial charge in [0.05, 0.1) is 0 Å². The van der Waals surface area contributed by atoms with E-state index in [1.807, 2.05) is 0 Å². The lowest BCUT2D eigenvalue weighted by atomic mass is 9.98. The van der Waals surface area contributed by atoms with Gasteiger partial charge < -0.3 is 10.4 Å². The monoisotopic (exact) mass is 304 g/mol. The molecule has 0 spiro atoms. The molecule has 0 unspecified atom stereocenters. The van der Waals surface area contributed by atoms with Crippen molar-refractivity contribution in [2.24, 2.45) is 0 Å². The van der Waals surface area contributed by atoms with Gasteiger partial charge in [-0.3, -0.25) is 4.90 Å². The Bertz CT molecular complexity index is 430. The van der Waals surface area contributed by atoms with Gasteiger partial charge in [0.25, 0.3) is 0 Å². The molecule has 112 valence electrons. The fourth-order valence-corrected chi connectivity index (χ4v) is 2.85. The highest BCUT2D eigenvalue weighted by Crippen LogP contribution is 2.32. The van der Waals surface area contributed by atoms with E-state index in [4.69, 9.17) is 16.7 Å². The van der Waals surface area contributed by atoms with Crippen molar-refractivity contribution in [3.63, 3.8) is 0 Å². The number of hydrogen-bond acceptors (Lipinski definition) is 3. The van der Waals surface area contributed by atoms with E-state index in [0.29, 0.717) is 12.8 Å². The quantitative estimate of drug-likeness (QED) is 0.876. The molecular weight excluding hydrogens is 286 g/mol. The van der Waals surface area contributed by atoms with Crippen molar-refractivity contribution in [2.75, 3.05) is 32.8 Å². The van der Waals surface area contributed by atoms with E-state index in [9.17, 15) is 8.78 Å². The molecule has 1 heterocycles. The maximum atomic E-state index is 14.1. The Hall–Kier alpha value is -0.750. The van der Waals surface area contributed by atoms with Crippen LogP contribution in [0.1, 0.15) is 24.4 Å². The second-order valence-electron chi connectivity index (χ2n) is 4.95. The van der Waals surface area contributed by atoms with Gasteiger partial charge in [0.15, 0.2) is 0 Å². The maximum Gasteiger partial charge on any atom is 0.132 e. The smallest absolute Gasteiger partial charge is 0.132 e. The van der Waals surface area contributed by atoms with Gasteiger partial charge in [-0.2, -0.15) is 0 Å². The van der Waals surface area contributed by atoms with Crippen LogP contribution in [0.3, 0.4) is 0 Å². The molecule has 20 heavy (non-hydrogen) atoms. The zero-order chi connectivity index (χ0) is 14.5. The molecule has 0 saturated carbocycles. The molecule has 2 rings (SSSR count). The first-order chi connectivity index (χ1) is 9.63. The van der Waals surface area contributed by atoms with Crippen molar-refractivity contribution in [3.05, 3.63) is 34.4 Å². The zero-order valence-electron chi connectivity index (χ0n) is 11.2. The van der Waals surface area contributed by atoms with E-state index >= 15 is 0 Å². The summed E-state index contributed by atoms with van der Waals surface area (Å²) in [5, 5.41) is 12.3. The largest absolute Gasteiger partial charge is 0.396 e. The van der Waals surface area contributed by atoms with E-state index in [1.54, 1.807) is 0 Å². The van der Waals surface area contributed by atoms with Gasteiger partial charge >= 0.3 is 0 Å². The van der Waals surface area contributed by atoms with E-state index in [0.717, 1.165) is 38.3 Å². The normalized spacial score (nSPS) is 18.2. The Labute approximate surface area is 122 Å². The first-order valence-corrected chi connectivity index (χ1v) is 7.21. The van der Waals surface area contributed by atoms with Crippen LogP contribution in [0.15, 0.2) is 12.1 Å². The Morgan fingerprint density at radius 3 is 2.40 bits per heavy atom. The van der Waals surface area contributed by atoms with Crippen LogP contribution in [0, 0.1) is 11.6 Å². The lowest BCUT2D eigenvalue weighted by molar-refractivity contribution is 0.148. The first kappa shape index (κ1) is 15.6. The number of aliphatic hydroxyl groups is 1. The predicted molar refractivity (Wildman–Crippen MR) is 74.9 cm³/mol. The molecule has 1 atom stereocenters. The number of nitrogens with one attached hydrogen (secondary N) is 1. The van der Waals surface area contributed by atoms with Crippen LogP contribution >= 0.6 is 11.6 Å². The number of piperazine rings is 1. The van der Waals surface area contributed by atoms with Gasteiger partial charge in [0.2, 0.25) is 0 Å². The average molecular weight is 305 g/mol. The summed E-state index contributed by atoms with van der Waals surface area (Å²) in [5.41, 5.74) is 0.0600. The number of nitrogens with zero attached hydrogens (tertiary/aromatic N) is 1. The molecule has 1 aromatic carbocycles. The first-order valence-electron chi connectivity index (χ1n) is 6.83. The minimum absolute atomic E-state index is 0.0133. The van der Waals surface area contributed by atoms with Gasteiger partial charge in [-0.1, -0.05) is 11.6 Å². The molecule has 0 aliphatic carbocycles. The number of aliphatic hydroxyl groups excluding tert-OH is 1. The van der Waals surface area contributed by atoms with Crippen LogP contribution < -0.4 is 5.32 Å². The fraction of sp³-hybridized carbons (Fsp3) is 0.571. The SMILES string of the molecule is OCCC[C@H](c1c(F)cc(Cl)cc1F)N1CCNCC1. The highest BCUT2D eigenvalue weighted by atomic mass is 35.5. The summed E-state index contributed by atoms with van der Waals surface area (Å²) in [6, 6.07) is 1.93. The van der Waals surface area contributed by atoms with E-state index in [1.165, 1.54) is 0 Å². The third-order valence-electron chi connectivity index (χ3n) is 3.61. The van der Waals surface area contributed by atoms with Gasteiger partial charge in [-0.25, -0.2) is 8.78 Å². The average Bonchev–Trinajstić information content (AvgIpc) is 2.42. The minimum Gasteiger partial charge on any atom is -0.396 e. The number of rotatable bonds is 5. The van der Waals surface area contributed by atoms with E-state index < -0.39 is 11.6 Å². The maximum absolute atomic E-state index is 14.1. The van der Waals surface area contributed by atoms with Crippen molar-refractivity contribution < 1.29 is 13.9 Å². The molecule has 0 amide bonds. The Morgan fingerprint density at radius 2 is 1.85 bits per heavy atom. The second kappa shape index (κ2) is 7.31. The van der Waals surface area contributed by atoms with E-state index in [-0.39, 0.29) is 23.2 Å². The summed E-state index contributed by atoms with van der Waals surface area (Å²) >= 11 is 5.67. The molecule has 1 aliphatic heterocycles. The third-order valence-corrected chi connectivity index (χ3v) is 3.82. The summed E-state index contributed by atoms with van der Waals surface area (Å²) in [5.74, 6) is -1.23. The Kier molecular flexibility index (Phi) is 5.72. The highest BCUT2D eigenvalue weighted by Gasteiger charge is 2.27. The molecule has 3 nitrogen and oxygen atoms in total. The molecular formula is C14H19ClF2N2O. The van der Waals surface area contributed by atoms with Crippen LogP contribution in [0.25, 0.3) is 0 Å². The van der Waals surface area contributed by atoms with Crippen molar-refractivity contribution in [2.45, 2.75) is 18.9 Å². The lowest BCUT2D eigenvalue weighted by Gasteiger charge is -2.35. The van der Waals surface area contributed by atoms with Crippen LogP contribution in [-0.2, 0) is 0 Å².